The lowest BCUT2D eigenvalue weighted by Gasteiger charge is -2.27. The Labute approximate surface area is 85.4 Å². The van der Waals surface area contributed by atoms with E-state index in [1.165, 1.54) is 6.92 Å². The molecule has 13 heavy (non-hydrogen) atoms. The lowest BCUT2D eigenvalue weighted by atomic mass is 10.2. The number of morpholine rings is 1. The predicted octanol–water partition coefficient (Wildman–Crippen LogP) is 0.198. The van der Waals surface area contributed by atoms with Crippen LogP contribution in [0.1, 0.15) is 6.92 Å². The molecule has 0 radical (unpaired) electrons. The smallest absolute Gasteiger partial charge is 0.244 e. The van der Waals surface area contributed by atoms with E-state index in [9.17, 15) is 9.59 Å². The predicted molar refractivity (Wildman–Crippen MR) is 50.8 cm³/mol. The van der Waals surface area contributed by atoms with Crippen LogP contribution in [-0.2, 0) is 14.3 Å². The Kier molecular flexibility index (Phi) is 3.87. The Bertz CT molecular complexity index is 213. The quantitative estimate of drug-likeness (QED) is 0.519. The monoisotopic (exact) mass is 249 g/mol. The van der Waals surface area contributed by atoms with E-state index < -0.39 is 4.83 Å². The molecule has 0 saturated carbocycles. The van der Waals surface area contributed by atoms with Gasteiger partial charge in [-0.25, -0.2) is 0 Å². The van der Waals surface area contributed by atoms with Crippen LogP contribution in [0.5, 0.6) is 0 Å². The summed E-state index contributed by atoms with van der Waals surface area (Å²) in [4.78, 5) is 23.4. The first-order chi connectivity index (χ1) is 6.13. The number of nitrogens with zero attached hydrogens (tertiary/aromatic N) is 1. The summed E-state index contributed by atoms with van der Waals surface area (Å²) in [5, 5.41) is 0. The van der Waals surface area contributed by atoms with Crippen molar-refractivity contribution in [2.45, 2.75) is 11.8 Å². The van der Waals surface area contributed by atoms with Crippen LogP contribution in [0.4, 0.5) is 0 Å². The van der Waals surface area contributed by atoms with Crippen molar-refractivity contribution in [1.29, 1.82) is 0 Å². The largest absolute Gasteiger partial charge is 0.378 e. The van der Waals surface area contributed by atoms with Crippen molar-refractivity contribution in [3.8, 4) is 0 Å². The fourth-order valence-corrected chi connectivity index (χ4v) is 1.41. The molecule has 0 N–H and O–H groups in total. The number of ether oxygens (including phenoxy) is 1. The van der Waals surface area contributed by atoms with Crippen LogP contribution in [0, 0.1) is 0 Å². The zero-order valence-electron chi connectivity index (χ0n) is 7.46. The molecule has 0 aromatic heterocycles. The molecule has 5 heteroatoms. The maximum Gasteiger partial charge on any atom is 0.244 e. The van der Waals surface area contributed by atoms with Gasteiger partial charge in [-0.3, -0.25) is 9.59 Å². The van der Waals surface area contributed by atoms with Crippen LogP contribution in [0.3, 0.4) is 0 Å². The molecule has 1 rings (SSSR count). The maximum absolute atomic E-state index is 11.5. The van der Waals surface area contributed by atoms with Gasteiger partial charge in [0, 0.05) is 13.1 Å². The standard InChI is InChI=1S/C8H12BrNO3/c1-6(11)7(9)8(12)10-2-4-13-5-3-10/h7H,2-5H2,1H3. The van der Waals surface area contributed by atoms with Crippen molar-refractivity contribution < 1.29 is 14.3 Å². The van der Waals surface area contributed by atoms with E-state index in [0.29, 0.717) is 26.3 Å². The van der Waals surface area contributed by atoms with Gasteiger partial charge in [0.1, 0.15) is 0 Å². The average Bonchev–Trinajstić information content (AvgIpc) is 2.17. The molecule has 1 unspecified atom stereocenters. The molecule has 1 aliphatic rings. The topological polar surface area (TPSA) is 46.6 Å². The minimum atomic E-state index is -0.689. The number of Topliss-reactive ketones (excluding diaryl/α,β-unsaturated/α-hetero) is 1. The van der Waals surface area contributed by atoms with E-state index in [4.69, 9.17) is 4.74 Å². The number of ketones is 1. The normalized spacial score (nSPS) is 19.7. The van der Waals surface area contributed by atoms with Crippen LogP contribution >= 0.6 is 15.9 Å². The summed E-state index contributed by atoms with van der Waals surface area (Å²) in [6.45, 7) is 3.67. The lowest BCUT2D eigenvalue weighted by molar-refractivity contribution is -0.137. The highest BCUT2D eigenvalue weighted by atomic mass is 79.9. The van der Waals surface area contributed by atoms with Crippen molar-refractivity contribution in [3.05, 3.63) is 0 Å². The van der Waals surface area contributed by atoms with Gasteiger partial charge in [-0.1, -0.05) is 15.9 Å². The van der Waals surface area contributed by atoms with Gasteiger partial charge in [0.25, 0.3) is 0 Å². The number of hydrogen-bond acceptors (Lipinski definition) is 3. The second-order valence-corrected chi connectivity index (χ2v) is 3.83. The van der Waals surface area contributed by atoms with Gasteiger partial charge in [-0.2, -0.15) is 0 Å². The van der Waals surface area contributed by atoms with Gasteiger partial charge in [0.05, 0.1) is 13.2 Å². The average molecular weight is 250 g/mol. The first kappa shape index (κ1) is 10.7. The Hall–Kier alpha value is -0.420. The van der Waals surface area contributed by atoms with E-state index in [1.807, 2.05) is 0 Å². The van der Waals surface area contributed by atoms with Crippen molar-refractivity contribution in [2.75, 3.05) is 26.3 Å². The minimum absolute atomic E-state index is 0.156. The van der Waals surface area contributed by atoms with E-state index in [-0.39, 0.29) is 11.7 Å². The summed E-state index contributed by atoms with van der Waals surface area (Å²) >= 11 is 3.06. The number of carbonyl (C=O) groups excluding carboxylic acids is 2. The highest BCUT2D eigenvalue weighted by molar-refractivity contribution is 9.10. The SMILES string of the molecule is CC(=O)C(Br)C(=O)N1CCOCC1. The summed E-state index contributed by atoms with van der Waals surface area (Å²) in [6.07, 6.45) is 0. The third kappa shape index (κ3) is 2.77. The second-order valence-electron chi connectivity index (χ2n) is 2.91. The highest BCUT2D eigenvalue weighted by Gasteiger charge is 2.26. The Morgan fingerprint density at radius 1 is 1.38 bits per heavy atom. The summed E-state index contributed by atoms with van der Waals surface area (Å²) < 4.78 is 5.10. The highest BCUT2D eigenvalue weighted by Crippen LogP contribution is 2.08. The summed E-state index contributed by atoms with van der Waals surface area (Å²) in [5.74, 6) is -0.313. The molecule has 4 nitrogen and oxygen atoms in total. The van der Waals surface area contributed by atoms with Crippen LogP contribution in [0.25, 0.3) is 0 Å². The molecule has 1 aliphatic heterocycles. The van der Waals surface area contributed by atoms with Crippen LogP contribution in [0.15, 0.2) is 0 Å². The number of halogens is 1. The van der Waals surface area contributed by atoms with Gasteiger partial charge in [0.2, 0.25) is 5.91 Å². The fourth-order valence-electron chi connectivity index (χ4n) is 1.12. The van der Waals surface area contributed by atoms with E-state index in [1.54, 1.807) is 4.90 Å². The Morgan fingerprint density at radius 2 is 1.92 bits per heavy atom. The summed E-state index contributed by atoms with van der Waals surface area (Å²) in [6, 6.07) is 0. The first-order valence-electron chi connectivity index (χ1n) is 4.14. The molecule has 0 spiro atoms. The van der Waals surface area contributed by atoms with Gasteiger partial charge < -0.3 is 9.64 Å². The van der Waals surface area contributed by atoms with Crippen molar-refractivity contribution >= 4 is 27.6 Å². The van der Waals surface area contributed by atoms with Gasteiger partial charge in [-0.15, -0.1) is 0 Å². The van der Waals surface area contributed by atoms with Crippen LogP contribution < -0.4 is 0 Å². The molecule has 1 atom stereocenters. The Morgan fingerprint density at radius 3 is 2.38 bits per heavy atom. The fraction of sp³-hybridized carbons (Fsp3) is 0.750. The van der Waals surface area contributed by atoms with E-state index >= 15 is 0 Å². The Balaban J connectivity index is 2.50. The molecule has 1 amide bonds. The van der Waals surface area contributed by atoms with Gasteiger partial charge >= 0.3 is 0 Å². The molecule has 1 saturated heterocycles. The van der Waals surface area contributed by atoms with Gasteiger partial charge in [0.15, 0.2) is 10.6 Å². The molecule has 1 heterocycles. The minimum Gasteiger partial charge on any atom is -0.378 e. The molecule has 0 aromatic rings. The van der Waals surface area contributed by atoms with Crippen molar-refractivity contribution in [3.63, 3.8) is 0 Å². The van der Waals surface area contributed by atoms with Crippen molar-refractivity contribution in [2.24, 2.45) is 0 Å². The van der Waals surface area contributed by atoms with E-state index in [2.05, 4.69) is 15.9 Å². The lowest BCUT2D eigenvalue weighted by Crippen LogP contribution is -2.45. The molecule has 74 valence electrons. The number of alkyl halides is 1. The molecular weight excluding hydrogens is 238 g/mol. The number of hydrogen-bond donors (Lipinski definition) is 0. The molecule has 1 fully saturated rings. The zero-order chi connectivity index (χ0) is 9.84. The zero-order valence-corrected chi connectivity index (χ0v) is 9.04. The molecule has 0 aliphatic carbocycles. The van der Waals surface area contributed by atoms with E-state index in [0.717, 1.165) is 0 Å². The number of amides is 1. The first-order valence-corrected chi connectivity index (χ1v) is 5.05. The molecular formula is C8H12BrNO3. The third-order valence-electron chi connectivity index (χ3n) is 1.90. The molecule has 0 bridgehead atoms. The molecule has 0 aromatic carbocycles. The summed E-state index contributed by atoms with van der Waals surface area (Å²) in [5.41, 5.74) is 0. The van der Waals surface area contributed by atoms with Crippen LogP contribution in [0.2, 0.25) is 0 Å². The van der Waals surface area contributed by atoms with Crippen LogP contribution in [-0.4, -0.2) is 47.7 Å². The third-order valence-corrected chi connectivity index (χ3v) is 2.93. The number of rotatable bonds is 2. The van der Waals surface area contributed by atoms with Crippen molar-refractivity contribution in [1.82, 2.24) is 4.90 Å². The van der Waals surface area contributed by atoms with Gasteiger partial charge in [-0.05, 0) is 6.92 Å². The summed E-state index contributed by atoms with van der Waals surface area (Å²) in [7, 11) is 0. The number of carbonyl (C=O) groups is 2. The second kappa shape index (κ2) is 4.72. The maximum atomic E-state index is 11.5.